The molecule has 160 valence electrons. The van der Waals surface area contributed by atoms with E-state index in [2.05, 4.69) is 5.10 Å². The van der Waals surface area contributed by atoms with Gasteiger partial charge in [0.15, 0.2) is 11.4 Å². The van der Waals surface area contributed by atoms with E-state index < -0.39 is 40.7 Å². The topological polar surface area (TPSA) is 95.7 Å². The van der Waals surface area contributed by atoms with Gasteiger partial charge in [0.25, 0.3) is 5.91 Å². The first-order chi connectivity index (χ1) is 14.9. The minimum atomic E-state index is -0.822. The molecule has 0 bridgehead atoms. The fraction of sp³-hybridized carbons (Fsp3) is 0.227. The molecule has 4 rings (SSSR count). The summed E-state index contributed by atoms with van der Waals surface area (Å²) in [6.07, 6.45) is 0.898. The van der Waals surface area contributed by atoms with Gasteiger partial charge in [0.05, 0.1) is 18.8 Å². The van der Waals surface area contributed by atoms with Crippen LogP contribution in [0.2, 0.25) is 0 Å². The van der Waals surface area contributed by atoms with E-state index in [0.29, 0.717) is 11.1 Å². The Bertz CT molecular complexity index is 1150. The van der Waals surface area contributed by atoms with E-state index in [1.807, 2.05) is 0 Å². The summed E-state index contributed by atoms with van der Waals surface area (Å²) in [5, 5.41) is 23.8. The van der Waals surface area contributed by atoms with Crippen molar-refractivity contribution in [3.05, 3.63) is 93.4 Å². The first-order valence-electron chi connectivity index (χ1n) is 9.62. The molecule has 2 heterocycles. The molecule has 0 spiro atoms. The Morgan fingerprint density at radius 2 is 1.68 bits per heavy atom. The van der Waals surface area contributed by atoms with Crippen LogP contribution in [-0.4, -0.2) is 50.5 Å². The number of β-amino-alcohol motifs (C(OH)–C–C–N with tert-alkyl or cyclic N) is 1. The number of hydrogen-bond acceptors (Lipinski definition) is 5. The van der Waals surface area contributed by atoms with E-state index in [9.17, 15) is 28.6 Å². The minimum absolute atomic E-state index is 0.0411. The lowest BCUT2D eigenvalue weighted by atomic mass is 9.83. The highest BCUT2D eigenvalue weighted by atomic mass is 19.1. The van der Waals surface area contributed by atoms with Crippen LogP contribution in [0.5, 0.6) is 5.75 Å². The molecule has 1 aliphatic rings. The third-order valence-corrected chi connectivity index (χ3v) is 5.37. The second-order valence-corrected chi connectivity index (χ2v) is 7.28. The third-order valence-electron chi connectivity index (χ3n) is 5.37. The zero-order valence-corrected chi connectivity index (χ0v) is 16.3. The van der Waals surface area contributed by atoms with Crippen LogP contribution in [0.25, 0.3) is 0 Å². The number of aromatic nitrogens is 2. The van der Waals surface area contributed by atoms with Crippen LogP contribution in [-0.2, 0) is 0 Å². The number of amides is 1. The summed E-state index contributed by atoms with van der Waals surface area (Å²) in [6.45, 7) is -0.343. The molecule has 0 fully saturated rings. The molecule has 1 aromatic heterocycles. The van der Waals surface area contributed by atoms with Crippen LogP contribution in [0, 0.1) is 11.6 Å². The number of rotatable bonds is 5. The number of carbonyl (C=O) groups is 1. The van der Waals surface area contributed by atoms with Crippen LogP contribution < -0.4 is 5.43 Å². The molecule has 7 nitrogen and oxygen atoms in total. The molecule has 0 unspecified atom stereocenters. The molecule has 0 saturated heterocycles. The summed E-state index contributed by atoms with van der Waals surface area (Å²) in [5.74, 6) is -3.08. The largest absolute Gasteiger partial charge is 0.502 e. The number of halogens is 2. The van der Waals surface area contributed by atoms with Crippen LogP contribution in [0.1, 0.15) is 33.6 Å². The fourth-order valence-corrected chi connectivity index (χ4v) is 4.04. The lowest BCUT2D eigenvalue weighted by molar-refractivity contribution is 0.0594. The van der Waals surface area contributed by atoms with Crippen LogP contribution in [0.15, 0.2) is 59.5 Å². The summed E-state index contributed by atoms with van der Waals surface area (Å²) in [4.78, 5) is 26.1. The first-order valence-corrected chi connectivity index (χ1v) is 9.62. The summed E-state index contributed by atoms with van der Waals surface area (Å²) < 4.78 is 29.4. The standard InChI is InChI=1S/C22H19F2N3O4/c23-15-5-1-3-13(9-15)19(14-4-2-6-16(24)10-14)17-12-26(7-8-28)22(31)20-21(30)18(29)11-25-27(17)20/h1-6,9-11,17,19,28,30H,7-8,12H2/t17-/m1/s1. The van der Waals surface area contributed by atoms with Crippen LogP contribution in [0.4, 0.5) is 8.78 Å². The van der Waals surface area contributed by atoms with Gasteiger partial charge in [0, 0.05) is 19.0 Å². The van der Waals surface area contributed by atoms with Gasteiger partial charge in [0.1, 0.15) is 11.6 Å². The molecule has 0 aliphatic carbocycles. The summed E-state index contributed by atoms with van der Waals surface area (Å²) in [5.41, 5.74) is -0.146. The molecular formula is C22H19F2N3O4. The summed E-state index contributed by atoms with van der Waals surface area (Å²) >= 11 is 0. The van der Waals surface area contributed by atoms with Gasteiger partial charge in [-0.05, 0) is 35.4 Å². The van der Waals surface area contributed by atoms with Crippen molar-refractivity contribution in [3.8, 4) is 5.75 Å². The zero-order valence-electron chi connectivity index (χ0n) is 16.3. The lowest BCUT2D eigenvalue weighted by Gasteiger charge is -2.39. The Hall–Kier alpha value is -3.59. The van der Waals surface area contributed by atoms with Crippen molar-refractivity contribution in [2.24, 2.45) is 0 Å². The molecule has 1 atom stereocenters. The Morgan fingerprint density at radius 1 is 1.06 bits per heavy atom. The highest BCUT2D eigenvalue weighted by Crippen LogP contribution is 2.39. The van der Waals surface area contributed by atoms with Gasteiger partial charge >= 0.3 is 0 Å². The number of fused-ring (bicyclic) bond motifs is 1. The number of aliphatic hydroxyl groups excluding tert-OH is 1. The molecule has 9 heteroatoms. The van der Waals surface area contributed by atoms with E-state index in [4.69, 9.17) is 0 Å². The van der Waals surface area contributed by atoms with E-state index in [0.717, 1.165) is 6.20 Å². The predicted molar refractivity (Wildman–Crippen MR) is 107 cm³/mol. The predicted octanol–water partition coefficient (Wildman–Crippen LogP) is 2.05. The van der Waals surface area contributed by atoms with Gasteiger partial charge in [-0.1, -0.05) is 24.3 Å². The van der Waals surface area contributed by atoms with E-state index in [-0.39, 0.29) is 25.4 Å². The molecule has 1 aliphatic heterocycles. The van der Waals surface area contributed by atoms with E-state index >= 15 is 0 Å². The Morgan fingerprint density at radius 3 is 2.23 bits per heavy atom. The van der Waals surface area contributed by atoms with Crippen molar-refractivity contribution in [1.29, 1.82) is 0 Å². The molecule has 3 aromatic rings. The SMILES string of the molecule is O=C1c2c(O)c(=O)cnn2[C@@H](C(c2cccc(F)c2)c2cccc(F)c2)CN1CCO. The van der Waals surface area contributed by atoms with Gasteiger partial charge in [-0.25, -0.2) is 8.78 Å². The second kappa shape index (κ2) is 8.27. The number of carbonyl (C=O) groups excluding carboxylic acids is 1. The highest BCUT2D eigenvalue weighted by molar-refractivity contribution is 5.95. The molecular weight excluding hydrogens is 408 g/mol. The Balaban J connectivity index is 1.96. The number of benzene rings is 2. The monoisotopic (exact) mass is 427 g/mol. The van der Waals surface area contributed by atoms with Crippen molar-refractivity contribution in [2.45, 2.75) is 12.0 Å². The van der Waals surface area contributed by atoms with Crippen LogP contribution >= 0.6 is 0 Å². The van der Waals surface area contributed by atoms with Crippen molar-refractivity contribution < 1.29 is 23.8 Å². The molecule has 31 heavy (non-hydrogen) atoms. The molecule has 2 aromatic carbocycles. The molecule has 0 saturated carbocycles. The maximum absolute atomic E-state index is 14.1. The Kier molecular flexibility index (Phi) is 5.51. The molecule has 0 radical (unpaired) electrons. The number of hydrogen-bond donors (Lipinski definition) is 2. The van der Waals surface area contributed by atoms with Gasteiger partial charge in [0.2, 0.25) is 5.43 Å². The minimum Gasteiger partial charge on any atom is -0.502 e. The van der Waals surface area contributed by atoms with E-state index in [1.54, 1.807) is 12.1 Å². The number of aliphatic hydroxyl groups is 1. The van der Waals surface area contributed by atoms with Gasteiger partial charge in [-0.3, -0.25) is 14.3 Å². The highest BCUT2D eigenvalue weighted by Gasteiger charge is 2.39. The van der Waals surface area contributed by atoms with Gasteiger partial charge < -0.3 is 15.1 Å². The smallest absolute Gasteiger partial charge is 0.276 e. The average molecular weight is 427 g/mol. The molecule has 1 amide bonds. The maximum atomic E-state index is 14.1. The fourth-order valence-electron chi connectivity index (χ4n) is 4.04. The van der Waals surface area contributed by atoms with Crippen molar-refractivity contribution in [2.75, 3.05) is 19.7 Å². The van der Waals surface area contributed by atoms with Crippen molar-refractivity contribution >= 4 is 5.91 Å². The average Bonchev–Trinajstić information content (AvgIpc) is 2.74. The van der Waals surface area contributed by atoms with Crippen molar-refractivity contribution in [1.82, 2.24) is 14.7 Å². The quantitative estimate of drug-likeness (QED) is 0.650. The maximum Gasteiger partial charge on any atom is 0.276 e. The number of nitrogens with zero attached hydrogens (tertiary/aromatic N) is 3. The summed E-state index contributed by atoms with van der Waals surface area (Å²) in [6, 6.07) is 10.9. The van der Waals surface area contributed by atoms with Gasteiger partial charge in [-0.15, -0.1) is 0 Å². The second-order valence-electron chi connectivity index (χ2n) is 7.28. The zero-order chi connectivity index (χ0) is 22.1. The normalized spacial score (nSPS) is 15.9. The number of aromatic hydroxyl groups is 1. The van der Waals surface area contributed by atoms with Crippen LogP contribution in [0.3, 0.4) is 0 Å². The Labute approximate surface area is 175 Å². The lowest BCUT2D eigenvalue weighted by Crippen LogP contribution is -2.48. The van der Waals surface area contributed by atoms with Gasteiger partial charge in [-0.2, -0.15) is 5.10 Å². The molecule has 2 N–H and O–H groups in total. The van der Waals surface area contributed by atoms with E-state index in [1.165, 1.54) is 46.0 Å². The summed E-state index contributed by atoms with van der Waals surface area (Å²) in [7, 11) is 0. The van der Waals surface area contributed by atoms with Crippen molar-refractivity contribution in [3.63, 3.8) is 0 Å². The third kappa shape index (κ3) is 3.79. The first kappa shape index (κ1) is 20.7.